The van der Waals surface area contributed by atoms with Gasteiger partial charge < -0.3 is 9.32 Å². The van der Waals surface area contributed by atoms with Gasteiger partial charge in [0.25, 0.3) is 0 Å². The molecule has 0 unspecified atom stereocenters. The standard InChI is InChI=1S/C49H31NO/c1-2-13-32(14-3-1)33-25-27-34(28-26-33)50(35-29-30-39-38-17-7-11-24-46(38)51-47(39)31-35)45-23-12-22-44-48(45)40-18-6-10-21-43(40)49(44)41-19-8-4-15-36(41)37-16-5-9-20-42(37)49/h1-31H. The third-order valence-corrected chi connectivity index (χ3v) is 11.1. The smallest absolute Gasteiger partial charge is 0.137 e. The molecule has 2 aliphatic carbocycles. The maximum atomic E-state index is 6.47. The Morgan fingerprint density at radius 1 is 0.373 bits per heavy atom. The lowest BCUT2D eigenvalue weighted by molar-refractivity contribution is 0.669. The molecule has 0 amide bonds. The summed E-state index contributed by atoms with van der Waals surface area (Å²) >= 11 is 0. The van der Waals surface area contributed by atoms with Gasteiger partial charge in [-0.2, -0.15) is 0 Å². The number of hydrogen-bond donors (Lipinski definition) is 0. The first-order valence-corrected chi connectivity index (χ1v) is 17.6. The molecule has 238 valence electrons. The minimum atomic E-state index is -0.416. The highest BCUT2D eigenvalue weighted by molar-refractivity contribution is 6.07. The van der Waals surface area contributed by atoms with E-state index in [4.69, 9.17) is 4.42 Å². The van der Waals surface area contributed by atoms with Gasteiger partial charge in [-0.15, -0.1) is 0 Å². The highest BCUT2D eigenvalue weighted by Crippen LogP contribution is 2.64. The van der Waals surface area contributed by atoms with E-state index in [2.05, 4.69) is 181 Å². The van der Waals surface area contributed by atoms with Crippen molar-refractivity contribution < 1.29 is 4.42 Å². The first-order chi connectivity index (χ1) is 25.3. The lowest BCUT2D eigenvalue weighted by Gasteiger charge is -2.31. The predicted octanol–water partition coefficient (Wildman–Crippen LogP) is 13.1. The Morgan fingerprint density at radius 2 is 0.922 bits per heavy atom. The van der Waals surface area contributed by atoms with Gasteiger partial charge in [-0.05, 0) is 86.5 Å². The van der Waals surface area contributed by atoms with Gasteiger partial charge in [-0.3, -0.25) is 0 Å². The van der Waals surface area contributed by atoms with E-state index in [1.807, 2.05) is 12.1 Å². The molecular formula is C49H31NO. The number of benzene rings is 8. The molecule has 0 radical (unpaired) electrons. The lowest BCUT2D eigenvalue weighted by Crippen LogP contribution is -2.26. The van der Waals surface area contributed by atoms with Crippen LogP contribution >= 0.6 is 0 Å². The SMILES string of the molecule is c1ccc(-c2ccc(N(c3ccc4c(c3)oc3ccccc34)c3cccc4c3-c3ccccc3C43c4ccccc4-c4ccccc43)cc2)cc1. The molecule has 1 spiro atoms. The minimum absolute atomic E-state index is 0.416. The van der Waals surface area contributed by atoms with Crippen molar-refractivity contribution in [3.63, 3.8) is 0 Å². The topological polar surface area (TPSA) is 16.4 Å². The molecule has 0 fully saturated rings. The van der Waals surface area contributed by atoms with Crippen LogP contribution in [0.5, 0.6) is 0 Å². The van der Waals surface area contributed by atoms with Crippen LogP contribution in [0, 0.1) is 0 Å². The van der Waals surface area contributed by atoms with Gasteiger partial charge in [-0.1, -0.05) is 146 Å². The van der Waals surface area contributed by atoms with Gasteiger partial charge in [0.05, 0.1) is 11.1 Å². The number of rotatable bonds is 4. The van der Waals surface area contributed by atoms with Gasteiger partial charge in [-0.25, -0.2) is 0 Å². The van der Waals surface area contributed by atoms with E-state index in [1.165, 1.54) is 55.6 Å². The lowest BCUT2D eigenvalue weighted by atomic mass is 9.70. The fourth-order valence-electron chi connectivity index (χ4n) is 9.03. The van der Waals surface area contributed by atoms with Crippen molar-refractivity contribution in [2.24, 2.45) is 0 Å². The van der Waals surface area contributed by atoms with E-state index in [-0.39, 0.29) is 0 Å². The zero-order chi connectivity index (χ0) is 33.5. The zero-order valence-electron chi connectivity index (χ0n) is 27.8. The Balaban J connectivity index is 1.19. The molecule has 2 aliphatic rings. The molecule has 0 aliphatic heterocycles. The first kappa shape index (κ1) is 28.2. The van der Waals surface area contributed by atoms with Crippen LogP contribution in [0.25, 0.3) is 55.3 Å². The van der Waals surface area contributed by atoms with Crippen molar-refractivity contribution in [1.29, 1.82) is 0 Å². The van der Waals surface area contributed by atoms with E-state index in [0.717, 1.165) is 39.0 Å². The number of fused-ring (bicyclic) bond motifs is 13. The van der Waals surface area contributed by atoms with E-state index in [0.29, 0.717) is 0 Å². The van der Waals surface area contributed by atoms with Crippen molar-refractivity contribution in [3.05, 3.63) is 210 Å². The van der Waals surface area contributed by atoms with Crippen LogP contribution in [-0.2, 0) is 5.41 Å². The Bertz CT molecular complexity index is 2760. The van der Waals surface area contributed by atoms with Crippen LogP contribution in [0.1, 0.15) is 22.3 Å². The summed E-state index contributed by atoms with van der Waals surface area (Å²) in [5.41, 5.74) is 17.5. The van der Waals surface area contributed by atoms with Gasteiger partial charge >= 0.3 is 0 Å². The maximum Gasteiger partial charge on any atom is 0.137 e. The Morgan fingerprint density at radius 3 is 1.67 bits per heavy atom. The van der Waals surface area contributed by atoms with Gasteiger partial charge in [0.1, 0.15) is 11.2 Å². The summed E-state index contributed by atoms with van der Waals surface area (Å²) in [7, 11) is 0. The average molecular weight is 650 g/mol. The molecule has 2 nitrogen and oxygen atoms in total. The molecule has 2 heteroatoms. The molecule has 9 aromatic rings. The van der Waals surface area contributed by atoms with Gasteiger partial charge in [0.15, 0.2) is 0 Å². The molecule has 0 saturated heterocycles. The molecule has 0 atom stereocenters. The van der Waals surface area contributed by atoms with E-state index >= 15 is 0 Å². The second kappa shape index (κ2) is 10.7. The van der Waals surface area contributed by atoms with Gasteiger partial charge in [0.2, 0.25) is 0 Å². The fourth-order valence-corrected chi connectivity index (χ4v) is 9.03. The summed E-state index contributed by atoms with van der Waals surface area (Å²) in [4.78, 5) is 2.42. The third-order valence-electron chi connectivity index (χ3n) is 11.1. The number of hydrogen-bond acceptors (Lipinski definition) is 2. The number of para-hydroxylation sites is 1. The van der Waals surface area contributed by atoms with Crippen molar-refractivity contribution in [3.8, 4) is 33.4 Å². The van der Waals surface area contributed by atoms with Crippen LogP contribution in [0.2, 0.25) is 0 Å². The molecule has 51 heavy (non-hydrogen) atoms. The Hall–Kier alpha value is -6.64. The highest BCUT2D eigenvalue weighted by Gasteiger charge is 2.52. The highest BCUT2D eigenvalue weighted by atomic mass is 16.3. The van der Waals surface area contributed by atoms with Gasteiger partial charge in [0, 0.05) is 33.8 Å². The quantitative estimate of drug-likeness (QED) is 0.189. The van der Waals surface area contributed by atoms with E-state index in [9.17, 15) is 0 Å². The Kier molecular flexibility index (Phi) is 5.91. The summed E-state index contributed by atoms with van der Waals surface area (Å²) in [5.74, 6) is 0. The molecule has 0 bridgehead atoms. The van der Waals surface area contributed by atoms with Crippen molar-refractivity contribution >= 4 is 39.0 Å². The molecule has 11 rings (SSSR count). The summed E-state index contributed by atoms with van der Waals surface area (Å²) in [6.07, 6.45) is 0. The van der Waals surface area contributed by atoms with Crippen LogP contribution in [0.15, 0.2) is 192 Å². The van der Waals surface area contributed by atoms with E-state index in [1.54, 1.807) is 0 Å². The first-order valence-electron chi connectivity index (χ1n) is 17.6. The van der Waals surface area contributed by atoms with E-state index < -0.39 is 5.41 Å². The normalized spacial score (nSPS) is 13.3. The monoisotopic (exact) mass is 649 g/mol. The summed E-state index contributed by atoms with van der Waals surface area (Å²) in [5, 5.41) is 2.25. The summed E-state index contributed by atoms with van der Waals surface area (Å²) < 4.78 is 6.47. The predicted molar refractivity (Wildman–Crippen MR) is 210 cm³/mol. The third kappa shape index (κ3) is 3.87. The number of nitrogens with zero attached hydrogens (tertiary/aromatic N) is 1. The second-order valence-corrected chi connectivity index (χ2v) is 13.6. The number of furan rings is 1. The summed E-state index contributed by atoms with van der Waals surface area (Å²) in [6.45, 7) is 0. The molecule has 1 heterocycles. The van der Waals surface area contributed by atoms with Crippen LogP contribution in [0.3, 0.4) is 0 Å². The minimum Gasteiger partial charge on any atom is -0.456 e. The van der Waals surface area contributed by atoms with Crippen LogP contribution in [-0.4, -0.2) is 0 Å². The molecule has 8 aromatic carbocycles. The second-order valence-electron chi connectivity index (χ2n) is 13.6. The fraction of sp³-hybridized carbons (Fsp3) is 0.0204. The molecule has 0 N–H and O–H groups in total. The largest absolute Gasteiger partial charge is 0.456 e. The molecule has 1 aromatic heterocycles. The number of anilines is 3. The molecular weight excluding hydrogens is 619 g/mol. The zero-order valence-corrected chi connectivity index (χ0v) is 27.8. The molecule has 0 saturated carbocycles. The maximum absolute atomic E-state index is 6.47. The van der Waals surface area contributed by atoms with Crippen LogP contribution in [0.4, 0.5) is 17.1 Å². The van der Waals surface area contributed by atoms with Crippen LogP contribution < -0.4 is 4.90 Å². The average Bonchev–Trinajstić information content (AvgIpc) is 3.83. The summed E-state index contributed by atoms with van der Waals surface area (Å²) in [6, 6.07) is 68.4. The van der Waals surface area contributed by atoms with Crippen molar-refractivity contribution in [2.45, 2.75) is 5.41 Å². The Labute approximate surface area is 296 Å². The van der Waals surface area contributed by atoms with Crippen molar-refractivity contribution in [2.75, 3.05) is 4.90 Å². The van der Waals surface area contributed by atoms with Crippen molar-refractivity contribution in [1.82, 2.24) is 0 Å².